The van der Waals surface area contributed by atoms with Gasteiger partial charge in [0.15, 0.2) is 11.5 Å². The zero-order chi connectivity index (χ0) is 13.6. The summed E-state index contributed by atoms with van der Waals surface area (Å²) >= 11 is 1.46. The third-order valence-electron chi connectivity index (χ3n) is 4.04. The summed E-state index contributed by atoms with van der Waals surface area (Å²) in [6, 6.07) is 0.515. The number of hydrogen-bond donors (Lipinski definition) is 2. The van der Waals surface area contributed by atoms with Gasteiger partial charge in [0.1, 0.15) is 5.00 Å². The number of methoxy groups -OCH3 is 1. The number of thiophene rings is 1. The van der Waals surface area contributed by atoms with Crippen molar-refractivity contribution in [3.05, 3.63) is 4.88 Å². The van der Waals surface area contributed by atoms with Gasteiger partial charge in [-0.05, 0) is 25.2 Å². The van der Waals surface area contributed by atoms with Crippen LogP contribution in [0.1, 0.15) is 42.3 Å². The maximum Gasteiger partial charge on any atom is 0.178 e. The van der Waals surface area contributed by atoms with E-state index in [-0.39, 0.29) is 11.7 Å². The van der Waals surface area contributed by atoms with Crippen molar-refractivity contribution in [2.24, 2.45) is 11.8 Å². The quantitative estimate of drug-likeness (QED) is 0.786. The number of carbonyl (C=O) groups excluding carboxylic acids is 1. The van der Waals surface area contributed by atoms with Crippen LogP contribution < -0.4 is 15.8 Å². The van der Waals surface area contributed by atoms with Crippen LogP contribution in [0.25, 0.3) is 0 Å². The minimum Gasteiger partial charge on any atom is -0.492 e. The zero-order valence-electron chi connectivity index (χ0n) is 11.4. The van der Waals surface area contributed by atoms with Crippen LogP contribution in [0.2, 0.25) is 0 Å². The first-order chi connectivity index (χ1) is 9.15. The molecule has 2 atom stereocenters. The van der Waals surface area contributed by atoms with Gasteiger partial charge in [0.2, 0.25) is 0 Å². The fraction of sp³-hybridized carbons (Fsp3) is 0.643. The molecule has 0 saturated heterocycles. The molecule has 0 amide bonds. The van der Waals surface area contributed by atoms with Gasteiger partial charge in [0.05, 0.1) is 17.7 Å². The maximum absolute atomic E-state index is 12.2. The Kier molecular flexibility index (Phi) is 3.17. The van der Waals surface area contributed by atoms with Crippen molar-refractivity contribution < 1.29 is 9.53 Å². The number of ketones is 1. The summed E-state index contributed by atoms with van der Waals surface area (Å²) in [7, 11) is 1.61. The highest BCUT2D eigenvalue weighted by atomic mass is 32.1. The summed E-state index contributed by atoms with van der Waals surface area (Å²) in [6.45, 7) is 2.20. The Morgan fingerprint density at radius 3 is 2.79 bits per heavy atom. The van der Waals surface area contributed by atoms with Crippen molar-refractivity contribution in [2.75, 3.05) is 18.2 Å². The third kappa shape index (κ3) is 2.31. The smallest absolute Gasteiger partial charge is 0.178 e. The Hall–Kier alpha value is -1.23. The second-order valence-corrected chi connectivity index (χ2v) is 6.52. The van der Waals surface area contributed by atoms with Gasteiger partial charge >= 0.3 is 0 Å². The summed E-state index contributed by atoms with van der Waals surface area (Å²) < 4.78 is 5.38. The number of rotatable bonds is 6. The van der Waals surface area contributed by atoms with E-state index in [0.29, 0.717) is 22.4 Å². The highest BCUT2D eigenvalue weighted by Gasteiger charge is 2.38. The van der Waals surface area contributed by atoms with Crippen molar-refractivity contribution in [2.45, 2.75) is 38.6 Å². The van der Waals surface area contributed by atoms with E-state index in [0.717, 1.165) is 23.8 Å². The van der Waals surface area contributed by atoms with Crippen molar-refractivity contribution in [1.29, 1.82) is 0 Å². The highest BCUT2D eigenvalue weighted by molar-refractivity contribution is 7.19. The van der Waals surface area contributed by atoms with Crippen molar-refractivity contribution in [1.82, 2.24) is 0 Å². The number of nitrogen functional groups attached to an aromatic ring is 1. The molecule has 5 heteroatoms. The Balaban J connectivity index is 1.82. The largest absolute Gasteiger partial charge is 0.492 e. The lowest BCUT2D eigenvalue weighted by Crippen LogP contribution is -2.04. The van der Waals surface area contributed by atoms with Crippen molar-refractivity contribution in [3.8, 4) is 5.75 Å². The predicted molar refractivity (Wildman–Crippen MR) is 78.1 cm³/mol. The number of ether oxygens (including phenoxy) is 1. The fourth-order valence-corrected chi connectivity index (χ4v) is 3.65. The third-order valence-corrected chi connectivity index (χ3v) is 5.17. The van der Waals surface area contributed by atoms with Gasteiger partial charge in [0, 0.05) is 12.0 Å². The molecule has 2 aliphatic rings. The first-order valence-electron chi connectivity index (χ1n) is 6.92. The maximum atomic E-state index is 12.2. The second-order valence-electron chi connectivity index (χ2n) is 5.50. The molecule has 1 heterocycles. The molecular weight excluding hydrogens is 260 g/mol. The topological polar surface area (TPSA) is 64.4 Å². The minimum atomic E-state index is 0.191. The number of hydrogen-bond acceptors (Lipinski definition) is 5. The van der Waals surface area contributed by atoms with E-state index in [1.54, 1.807) is 7.11 Å². The molecule has 1 aromatic heterocycles. The molecule has 0 aromatic carbocycles. The Bertz CT molecular complexity index is 508. The highest BCUT2D eigenvalue weighted by Crippen LogP contribution is 2.48. The van der Waals surface area contributed by atoms with Gasteiger partial charge in [-0.15, -0.1) is 11.3 Å². The Morgan fingerprint density at radius 2 is 2.26 bits per heavy atom. The molecule has 0 radical (unpaired) electrons. The molecule has 0 spiro atoms. The zero-order valence-corrected chi connectivity index (χ0v) is 12.2. The Labute approximate surface area is 117 Å². The van der Waals surface area contributed by atoms with Crippen LogP contribution >= 0.6 is 11.3 Å². The lowest BCUT2D eigenvalue weighted by atomic mass is 10.2. The molecule has 0 aliphatic heterocycles. The van der Waals surface area contributed by atoms with E-state index in [1.165, 1.54) is 24.2 Å². The van der Waals surface area contributed by atoms with Crippen LogP contribution in [0.4, 0.5) is 10.7 Å². The van der Waals surface area contributed by atoms with Gasteiger partial charge in [-0.3, -0.25) is 4.79 Å². The number of Topliss-reactive ketones (excluding diaryl/α,β-unsaturated/α-hetero) is 1. The predicted octanol–water partition coefficient (Wildman–Crippen LogP) is 3.14. The summed E-state index contributed by atoms with van der Waals surface area (Å²) in [5.41, 5.74) is 6.58. The van der Waals surface area contributed by atoms with Crippen LogP contribution in [-0.4, -0.2) is 18.9 Å². The molecule has 1 aromatic rings. The monoisotopic (exact) mass is 280 g/mol. The summed E-state index contributed by atoms with van der Waals surface area (Å²) in [4.78, 5) is 12.9. The van der Waals surface area contributed by atoms with Gasteiger partial charge in [-0.1, -0.05) is 13.3 Å². The fourth-order valence-electron chi connectivity index (χ4n) is 2.48. The Morgan fingerprint density at radius 1 is 1.53 bits per heavy atom. The average molecular weight is 280 g/mol. The summed E-state index contributed by atoms with van der Waals surface area (Å²) in [6.07, 6.45) is 4.39. The molecule has 4 nitrogen and oxygen atoms in total. The molecule has 19 heavy (non-hydrogen) atoms. The summed E-state index contributed by atoms with van der Waals surface area (Å²) in [5, 5.41) is 4.39. The molecule has 3 rings (SSSR count). The van der Waals surface area contributed by atoms with Crippen LogP contribution in [0.5, 0.6) is 5.75 Å². The number of nitrogens with one attached hydrogen (secondary N) is 1. The molecule has 2 aliphatic carbocycles. The first-order valence-corrected chi connectivity index (χ1v) is 7.74. The van der Waals surface area contributed by atoms with Crippen LogP contribution in [0.3, 0.4) is 0 Å². The van der Waals surface area contributed by atoms with Gasteiger partial charge in [-0.25, -0.2) is 0 Å². The normalized spacial score (nSPS) is 25.2. The second kappa shape index (κ2) is 4.71. The van der Waals surface area contributed by atoms with Crippen LogP contribution in [0.15, 0.2) is 0 Å². The molecule has 2 saturated carbocycles. The molecule has 104 valence electrons. The van der Waals surface area contributed by atoms with E-state index in [1.807, 2.05) is 0 Å². The van der Waals surface area contributed by atoms with Gasteiger partial charge in [-0.2, -0.15) is 0 Å². The molecule has 2 unspecified atom stereocenters. The number of carbonyl (C=O) groups is 1. The first kappa shape index (κ1) is 12.8. The van der Waals surface area contributed by atoms with E-state index >= 15 is 0 Å². The number of anilines is 2. The van der Waals surface area contributed by atoms with E-state index in [9.17, 15) is 4.79 Å². The standard InChI is InChI=1S/C14H20N2O2S/c1-3-7-6-9(7)16-14-12(18-2)10(15)13(19-14)11(17)8-4-5-8/h7-9,16H,3-6,15H2,1-2H3. The minimum absolute atomic E-state index is 0.191. The van der Waals surface area contributed by atoms with Crippen LogP contribution in [-0.2, 0) is 0 Å². The van der Waals surface area contributed by atoms with E-state index in [4.69, 9.17) is 10.5 Å². The molecule has 0 bridgehead atoms. The average Bonchev–Trinajstić information content (AvgIpc) is 3.28. The molecule has 2 fully saturated rings. The molecule has 3 N–H and O–H groups in total. The van der Waals surface area contributed by atoms with E-state index in [2.05, 4.69) is 12.2 Å². The number of nitrogens with two attached hydrogens (primary N) is 1. The van der Waals surface area contributed by atoms with Gasteiger partial charge < -0.3 is 15.8 Å². The molecular formula is C14H20N2O2S. The SMILES string of the molecule is CCC1CC1Nc1sc(C(=O)C2CC2)c(N)c1OC. The lowest BCUT2D eigenvalue weighted by Gasteiger charge is -2.05. The van der Waals surface area contributed by atoms with Crippen LogP contribution in [0, 0.1) is 11.8 Å². The van der Waals surface area contributed by atoms with Crippen molar-refractivity contribution in [3.63, 3.8) is 0 Å². The van der Waals surface area contributed by atoms with Crippen molar-refractivity contribution >= 4 is 27.8 Å². The lowest BCUT2D eigenvalue weighted by molar-refractivity contribution is 0.0972. The van der Waals surface area contributed by atoms with Gasteiger partial charge in [0.25, 0.3) is 0 Å². The van der Waals surface area contributed by atoms with E-state index < -0.39 is 0 Å². The summed E-state index contributed by atoms with van der Waals surface area (Å²) in [5.74, 6) is 1.78.